The summed E-state index contributed by atoms with van der Waals surface area (Å²) in [4.78, 5) is 6.06. The van der Waals surface area contributed by atoms with Gasteiger partial charge >= 0.3 is 0 Å². The van der Waals surface area contributed by atoms with Crippen LogP contribution in [0.5, 0.6) is 0 Å². The number of methoxy groups -OCH3 is 1. The number of thiazole rings is 1. The molecule has 17 heavy (non-hydrogen) atoms. The zero-order valence-corrected chi connectivity index (χ0v) is 12.6. The van der Waals surface area contributed by atoms with Gasteiger partial charge in [0.05, 0.1) is 17.8 Å². The summed E-state index contributed by atoms with van der Waals surface area (Å²) in [5.74, 6) is 0. The molecule has 4 heteroatoms. The van der Waals surface area contributed by atoms with Gasteiger partial charge in [0, 0.05) is 18.0 Å². The van der Waals surface area contributed by atoms with Crippen molar-refractivity contribution in [2.24, 2.45) is 0 Å². The van der Waals surface area contributed by atoms with Gasteiger partial charge in [-0.1, -0.05) is 6.92 Å². The Balaban J connectivity index is 3.03. The van der Waals surface area contributed by atoms with Crippen LogP contribution in [0, 0.1) is 6.92 Å². The first kappa shape index (κ1) is 14.6. The second-order valence-electron chi connectivity index (χ2n) is 4.94. The summed E-state index contributed by atoms with van der Waals surface area (Å²) in [6.45, 7) is 11.4. The summed E-state index contributed by atoms with van der Waals surface area (Å²) in [6.07, 6.45) is 0.993. The van der Waals surface area contributed by atoms with Crippen LogP contribution in [-0.4, -0.2) is 24.7 Å². The van der Waals surface area contributed by atoms with Crippen LogP contribution in [0.25, 0.3) is 0 Å². The van der Waals surface area contributed by atoms with Gasteiger partial charge in [-0.3, -0.25) is 0 Å². The minimum atomic E-state index is -0.189. The van der Waals surface area contributed by atoms with Crippen molar-refractivity contribution in [2.45, 2.75) is 52.6 Å². The average molecular weight is 256 g/mol. The number of aromatic nitrogens is 1. The smallest absolute Gasteiger partial charge is 0.115 e. The van der Waals surface area contributed by atoms with Crippen molar-refractivity contribution in [2.75, 3.05) is 13.7 Å². The molecule has 1 atom stereocenters. The quantitative estimate of drug-likeness (QED) is 0.850. The molecular weight excluding hydrogens is 232 g/mol. The Kier molecular flexibility index (Phi) is 5.10. The molecule has 0 amide bonds. The minimum Gasteiger partial charge on any atom is -0.382 e. The van der Waals surface area contributed by atoms with Gasteiger partial charge in [-0.2, -0.15) is 0 Å². The third-order valence-electron chi connectivity index (χ3n) is 2.74. The van der Waals surface area contributed by atoms with Crippen molar-refractivity contribution in [3.63, 3.8) is 0 Å². The van der Waals surface area contributed by atoms with Crippen molar-refractivity contribution in [3.05, 3.63) is 15.6 Å². The van der Waals surface area contributed by atoms with E-state index in [4.69, 9.17) is 9.72 Å². The molecular formula is C13H24N2OS. The monoisotopic (exact) mass is 256 g/mol. The molecule has 0 aliphatic rings. The van der Waals surface area contributed by atoms with E-state index in [1.807, 2.05) is 0 Å². The van der Waals surface area contributed by atoms with E-state index in [0.29, 0.717) is 12.6 Å². The SMILES string of the molecule is CCc1nc(C(C)(COC)NC(C)C)sc1C. The molecule has 0 saturated carbocycles. The molecule has 1 heterocycles. The van der Waals surface area contributed by atoms with E-state index in [9.17, 15) is 0 Å². The Morgan fingerprint density at radius 3 is 2.53 bits per heavy atom. The van der Waals surface area contributed by atoms with E-state index >= 15 is 0 Å². The van der Waals surface area contributed by atoms with Gasteiger partial charge in [-0.05, 0) is 34.1 Å². The Bertz CT molecular complexity index is 362. The van der Waals surface area contributed by atoms with Crippen molar-refractivity contribution in [1.82, 2.24) is 10.3 Å². The highest BCUT2D eigenvalue weighted by atomic mass is 32.1. The molecule has 0 spiro atoms. The number of nitrogens with zero attached hydrogens (tertiary/aromatic N) is 1. The minimum absolute atomic E-state index is 0.189. The maximum absolute atomic E-state index is 5.35. The van der Waals surface area contributed by atoms with Gasteiger partial charge < -0.3 is 10.1 Å². The third kappa shape index (κ3) is 3.50. The maximum atomic E-state index is 5.35. The number of hydrogen-bond acceptors (Lipinski definition) is 4. The first-order chi connectivity index (χ1) is 7.92. The molecule has 0 bridgehead atoms. The number of rotatable bonds is 6. The van der Waals surface area contributed by atoms with Gasteiger partial charge in [-0.25, -0.2) is 4.98 Å². The molecule has 0 aromatic carbocycles. The van der Waals surface area contributed by atoms with Crippen LogP contribution in [-0.2, 0) is 16.7 Å². The van der Waals surface area contributed by atoms with E-state index in [2.05, 4.69) is 39.9 Å². The van der Waals surface area contributed by atoms with Crippen LogP contribution in [0.2, 0.25) is 0 Å². The number of hydrogen-bond donors (Lipinski definition) is 1. The number of nitrogens with one attached hydrogen (secondary N) is 1. The van der Waals surface area contributed by atoms with Gasteiger partial charge in [0.15, 0.2) is 0 Å². The fourth-order valence-electron chi connectivity index (χ4n) is 2.08. The highest BCUT2D eigenvalue weighted by Gasteiger charge is 2.31. The molecule has 0 aliphatic heterocycles. The van der Waals surface area contributed by atoms with Crippen molar-refractivity contribution in [1.29, 1.82) is 0 Å². The largest absolute Gasteiger partial charge is 0.382 e. The summed E-state index contributed by atoms with van der Waals surface area (Å²) in [5.41, 5.74) is 1.02. The van der Waals surface area contributed by atoms with Crippen LogP contribution < -0.4 is 5.32 Å². The van der Waals surface area contributed by atoms with Crippen LogP contribution in [0.15, 0.2) is 0 Å². The van der Waals surface area contributed by atoms with Crippen molar-refractivity contribution >= 4 is 11.3 Å². The molecule has 1 aromatic heterocycles. The Hall–Kier alpha value is -0.450. The first-order valence-corrected chi connectivity index (χ1v) is 6.98. The Labute approximate surface area is 109 Å². The topological polar surface area (TPSA) is 34.1 Å². The highest BCUT2D eigenvalue weighted by molar-refractivity contribution is 7.11. The number of ether oxygens (including phenoxy) is 1. The lowest BCUT2D eigenvalue weighted by molar-refractivity contribution is 0.112. The second kappa shape index (κ2) is 5.94. The van der Waals surface area contributed by atoms with E-state index in [1.54, 1.807) is 18.4 Å². The average Bonchev–Trinajstić information content (AvgIpc) is 2.59. The third-order valence-corrected chi connectivity index (χ3v) is 4.02. The van der Waals surface area contributed by atoms with Gasteiger partial charge in [0.25, 0.3) is 0 Å². The summed E-state index contributed by atoms with van der Waals surface area (Å²) >= 11 is 1.77. The lowest BCUT2D eigenvalue weighted by Crippen LogP contribution is -2.46. The zero-order chi connectivity index (χ0) is 13.1. The predicted octanol–water partition coefficient (Wildman–Crippen LogP) is 2.87. The lowest BCUT2D eigenvalue weighted by Gasteiger charge is -2.30. The molecule has 0 saturated heterocycles. The highest BCUT2D eigenvalue weighted by Crippen LogP contribution is 2.29. The fourth-order valence-corrected chi connectivity index (χ4v) is 3.18. The normalized spacial score (nSPS) is 15.2. The summed E-state index contributed by atoms with van der Waals surface area (Å²) in [7, 11) is 1.74. The van der Waals surface area contributed by atoms with Gasteiger partial charge in [0.2, 0.25) is 0 Å². The van der Waals surface area contributed by atoms with Gasteiger partial charge in [-0.15, -0.1) is 11.3 Å². The molecule has 1 unspecified atom stereocenters. The molecule has 1 aromatic rings. The van der Waals surface area contributed by atoms with Crippen LogP contribution in [0.4, 0.5) is 0 Å². The molecule has 3 nitrogen and oxygen atoms in total. The van der Waals surface area contributed by atoms with E-state index in [-0.39, 0.29) is 5.54 Å². The predicted molar refractivity (Wildman–Crippen MR) is 73.7 cm³/mol. The number of aryl methyl sites for hydroxylation is 2. The summed E-state index contributed by atoms with van der Waals surface area (Å²) in [5, 5.41) is 4.69. The van der Waals surface area contributed by atoms with Crippen LogP contribution >= 0.6 is 11.3 Å². The maximum Gasteiger partial charge on any atom is 0.115 e. The van der Waals surface area contributed by atoms with Crippen molar-refractivity contribution in [3.8, 4) is 0 Å². The second-order valence-corrected chi connectivity index (χ2v) is 6.14. The molecule has 0 fully saturated rings. The van der Waals surface area contributed by atoms with E-state index < -0.39 is 0 Å². The molecule has 1 N–H and O–H groups in total. The first-order valence-electron chi connectivity index (χ1n) is 6.16. The van der Waals surface area contributed by atoms with Crippen molar-refractivity contribution < 1.29 is 4.74 Å². The molecule has 0 radical (unpaired) electrons. The summed E-state index contributed by atoms with van der Waals surface area (Å²) in [6, 6.07) is 0.407. The zero-order valence-electron chi connectivity index (χ0n) is 11.8. The lowest BCUT2D eigenvalue weighted by atomic mass is 10.0. The fraction of sp³-hybridized carbons (Fsp3) is 0.769. The Morgan fingerprint density at radius 2 is 2.12 bits per heavy atom. The molecule has 98 valence electrons. The summed E-state index contributed by atoms with van der Waals surface area (Å²) < 4.78 is 5.35. The standard InChI is InChI=1S/C13H24N2OS/c1-7-11-10(4)17-12(14-11)13(5,8-16-6)15-9(2)3/h9,15H,7-8H2,1-6H3. The Morgan fingerprint density at radius 1 is 1.47 bits per heavy atom. The van der Waals surface area contributed by atoms with Crippen LogP contribution in [0.3, 0.4) is 0 Å². The van der Waals surface area contributed by atoms with E-state index in [1.165, 1.54) is 10.6 Å². The van der Waals surface area contributed by atoms with Gasteiger partial charge in [0.1, 0.15) is 5.01 Å². The molecule has 1 rings (SSSR count). The van der Waals surface area contributed by atoms with E-state index in [0.717, 1.165) is 11.4 Å². The molecule has 0 aliphatic carbocycles. The van der Waals surface area contributed by atoms with Crippen LogP contribution in [0.1, 0.15) is 43.3 Å².